The van der Waals surface area contributed by atoms with Crippen molar-refractivity contribution in [3.63, 3.8) is 0 Å². The molecule has 1 N–H and O–H groups in total. The van der Waals surface area contributed by atoms with Gasteiger partial charge in [0.2, 0.25) is 0 Å². The van der Waals surface area contributed by atoms with Crippen LogP contribution in [0.3, 0.4) is 0 Å². The standard InChI is InChI=1S/C12H23NO/c1-2-13-12-9-14-8-11(12)10-6-4-3-5-7-10/h10-13H,2-9H2,1H3. The normalized spacial score (nSPS) is 34.9. The number of likely N-dealkylation sites (N-methyl/N-ethyl adjacent to an activating group) is 1. The summed E-state index contributed by atoms with van der Waals surface area (Å²) < 4.78 is 5.61. The van der Waals surface area contributed by atoms with Crippen molar-refractivity contribution in [3.8, 4) is 0 Å². The Labute approximate surface area is 87.4 Å². The van der Waals surface area contributed by atoms with Crippen LogP contribution < -0.4 is 5.32 Å². The maximum atomic E-state index is 5.61. The number of hydrogen-bond acceptors (Lipinski definition) is 2. The first-order chi connectivity index (χ1) is 6.92. The van der Waals surface area contributed by atoms with Crippen molar-refractivity contribution in [2.24, 2.45) is 11.8 Å². The van der Waals surface area contributed by atoms with E-state index in [-0.39, 0.29) is 0 Å². The molecule has 2 atom stereocenters. The van der Waals surface area contributed by atoms with E-state index in [9.17, 15) is 0 Å². The summed E-state index contributed by atoms with van der Waals surface area (Å²) in [5, 5.41) is 3.57. The molecule has 14 heavy (non-hydrogen) atoms. The summed E-state index contributed by atoms with van der Waals surface area (Å²) in [7, 11) is 0. The van der Waals surface area contributed by atoms with Crippen molar-refractivity contribution in [2.75, 3.05) is 19.8 Å². The van der Waals surface area contributed by atoms with E-state index in [2.05, 4.69) is 12.2 Å². The minimum atomic E-state index is 0.642. The van der Waals surface area contributed by atoms with E-state index in [1.165, 1.54) is 32.1 Å². The second kappa shape index (κ2) is 5.13. The molecule has 1 aliphatic heterocycles. The van der Waals surface area contributed by atoms with Crippen LogP contribution in [0.4, 0.5) is 0 Å². The highest BCUT2D eigenvalue weighted by Gasteiger charge is 2.34. The molecular formula is C12H23NO. The lowest BCUT2D eigenvalue weighted by molar-refractivity contribution is 0.160. The molecule has 0 spiro atoms. The van der Waals surface area contributed by atoms with E-state index in [1.54, 1.807) is 0 Å². The van der Waals surface area contributed by atoms with Gasteiger partial charge in [0.25, 0.3) is 0 Å². The van der Waals surface area contributed by atoms with Gasteiger partial charge >= 0.3 is 0 Å². The predicted molar refractivity (Wildman–Crippen MR) is 58.3 cm³/mol. The van der Waals surface area contributed by atoms with Gasteiger partial charge in [0.05, 0.1) is 13.2 Å². The van der Waals surface area contributed by atoms with Gasteiger partial charge in [-0.05, 0) is 12.5 Å². The van der Waals surface area contributed by atoms with Crippen LogP contribution in [0.1, 0.15) is 39.0 Å². The Morgan fingerprint density at radius 2 is 1.93 bits per heavy atom. The van der Waals surface area contributed by atoms with E-state index < -0.39 is 0 Å². The molecule has 2 fully saturated rings. The van der Waals surface area contributed by atoms with E-state index in [4.69, 9.17) is 4.74 Å². The summed E-state index contributed by atoms with van der Waals surface area (Å²) in [4.78, 5) is 0. The molecule has 2 heteroatoms. The topological polar surface area (TPSA) is 21.3 Å². The molecule has 1 heterocycles. The summed E-state index contributed by atoms with van der Waals surface area (Å²) in [6.07, 6.45) is 7.22. The van der Waals surface area contributed by atoms with Gasteiger partial charge in [-0.1, -0.05) is 39.0 Å². The quantitative estimate of drug-likeness (QED) is 0.749. The average molecular weight is 197 g/mol. The van der Waals surface area contributed by atoms with Gasteiger partial charge in [0.1, 0.15) is 0 Å². The molecule has 1 saturated carbocycles. The molecule has 0 amide bonds. The molecule has 0 aromatic rings. The van der Waals surface area contributed by atoms with Gasteiger partial charge in [-0.25, -0.2) is 0 Å². The first-order valence-corrected chi connectivity index (χ1v) is 6.23. The molecule has 82 valence electrons. The second-order valence-corrected chi connectivity index (χ2v) is 4.76. The van der Waals surface area contributed by atoms with Crippen LogP contribution in [0.5, 0.6) is 0 Å². The molecule has 2 unspecified atom stereocenters. The van der Waals surface area contributed by atoms with Crippen LogP contribution >= 0.6 is 0 Å². The van der Waals surface area contributed by atoms with E-state index in [0.717, 1.165) is 31.6 Å². The molecule has 0 aromatic carbocycles. The zero-order chi connectivity index (χ0) is 9.80. The lowest BCUT2D eigenvalue weighted by Gasteiger charge is -2.30. The molecule has 2 nitrogen and oxygen atoms in total. The van der Waals surface area contributed by atoms with Crippen LogP contribution in [0, 0.1) is 11.8 Å². The molecule has 0 radical (unpaired) electrons. The fourth-order valence-corrected chi connectivity index (χ4v) is 3.07. The van der Waals surface area contributed by atoms with Gasteiger partial charge in [-0.15, -0.1) is 0 Å². The van der Waals surface area contributed by atoms with Crippen molar-refractivity contribution in [3.05, 3.63) is 0 Å². The predicted octanol–water partition coefficient (Wildman–Crippen LogP) is 2.19. The highest BCUT2D eigenvalue weighted by molar-refractivity contribution is 4.87. The Morgan fingerprint density at radius 3 is 2.64 bits per heavy atom. The molecule has 0 bridgehead atoms. The summed E-state index contributed by atoms with van der Waals surface area (Å²) in [6.45, 7) is 5.21. The van der Waals surface area contributed by atoms with Gasteiger partial charge in [-0.2, -0.15) is 0 Å². The Balaban J connectivity index is 1.87. The fourth-order valence-electron chi connectivity index (χ4n) is 3.07. The Hall–Kier alpha value is -0.0800. The van der Waals surface area contributed by atoms with Crippen LogP contribution in [-0.4, -0.2) is 25.8 Å². The van der Waals surface area contributed by atoms with Crippen molar-refractivity contribution >= 4 is 0 Å². The zero-order valence-corrected chi connectivity index (χ0v) is 9.30. The molecule has 2 aliphatic rings. The molecule has 1 saturated heterocycles. The molecule has 2 rings (SSSR count). The third kappa shape index (κ3) is 2.29. The van der Waals surface area contributed by atoms with Crippen molar-refractivity contribution in [1.82, 2.24) is 5.32 Å². The lowest BCUT2D eigenvalue weighted by atomic mass is 9.78. The van der Waals surface area contributed by atoms with Crippen LogP contribution in [0.25, 0.3) is 0 Å². The number of nitrogens with one attached hydrogen (secondary N) is 1. The lowest BCUT2D eigenvalue weighted by Crippen LogP contribution is -2.39. The van der Waals surface area contributed by atoms with Crippen LogP contribution in [0.15, 0.2) is 0 Å². The van der Waals surface area contributed by atoms with E-state index in [0.29, 0.717) is 6.04 Å². The first kappa shape index (κ1) is 10.4. The minimum absolute atomic E-state index is 0.642. The number of hydrogen-bond donors (Lipinski definition) is 1. The number of ether oxygens (including phenoxy) is 1. The smallest absolute Gasteiger partial charge is 0.0623 e. The Kier molecular flexibility index (Phi) is 3.82. The summed E-state index contributed by atoms with van der Waals surface area (Å²) in [5.74, 6) is 1.74. The summed E-state index contributed by atoms with van der Waals surface area (Å²) in [5.41, 5.74) is 0. The van der Waals surface area contributed by atoms with Crippen molar-refractivity contribution in [2.45, 2.75) is 45.1 Å². The maximum absolute atomic E-state index is 5.61. The highest BCUT2D eigenvalue weighted by atomic mass is 16.5. The SMILES string of the molecule is CCNC1COCC1C1CCCCC1. The third-order valence-corrected chi connectivity index (χ3v) is 3.85. The summed E-state index contributed by atoms with van der Waals surface area (Å²) >= 11 is 0. The molecule has 1 aliphatic carbocycles. The second-order valence-electron chi connectivity index (χ2n) is 4.76. The number of rotatable bonds is 3. The van der Waals surface area contributed by atoms with Crippen molar-refractivity contribution < 1.29 is 4.74 Å². The van der Waals surface area contributed by atoms with Crippen LogP contribution in [-0.2, 0) is 4.74 Å². The van der Waals surface area contributed by atoms with Gasteiger partial charge < -0.3 is 10.1 Å². The third-order valence-electron chi connectivity index (χ3n) is 3.85. The first-order valence-electron chi connectivity index (χ1n) is 6.23. The zero-order valence-electron chi connectivity index (χ0n) is 9.30. The van der Waals surface area contributed by atoms with E-state index in [1.807, 2.05) is 0 Å². The van der Waals surface area contributed by atoms with Gasteiger partial charge in [0.15, 0.2) is 0 Å². The average Bonchev–Trinajstić information content (AvgIpc) is 2.68. The minimum Gasteiger partial charge on any atom is -0.379 e. The maximum Gasteiger partial charge on any atom is 0.0623 e. The Bertz CT molecular complexity index is 166. The van der Waals surface area contributed by atoms with Crippen molar-refractivity contribution in [1.29, 1.82) is 0 Å². The molecular weight excluding hydrogens is 174 g/mol. The molecule has 0 aromatic heterocycles. The van der Waals surface area contributed by atoms with Crippen LogP contribution in [0.2, 0.25) is 0 Å². The van der Waals surface area contributed by atoms with E-state index >= 15 is 0 Å². The highest BCUT2D eigenvalue weighted by Crippen LogP contribution is 2.34. The largest absolute Gasteiger partial charge is 0.379 e. The summed E-state index contributed by atoms with van der Waals surface area (Å²) in [6, 6.07) is 0.642. The monoisotopic (exact) mass is 197 g/mol. The van der Waals surface area contributed by atoms with Gasteiger partial charge in [-0.3, -0.25) is 0 Å². The van der Waals surface area contributed by atoms with Gasteiger partial charge in [0, 0.05) is 12.0 Å². The Morgan fingerprint density at radius 1 is 1.14 bits per heavy atom. The fraction of sp³-hybridized carbons (Fsp3) is 1.00.